The molecule has 0 saturated heterocycles. The molecule has 0 radical (unpaired) electrons. The van der Waals surface area contributed by atoms with Crippen molar-refractivity contribution < 1.29 is 19.2 Å². The van der Waals surface area contributed by atoms with Crippen molar-refractivity contribution in [1.82, 2.24) is 5.32 Å². The number of likely N-dealkylation sites (N-methyl/N-ethyl adjacent to an activating group) is 1. The van der Waals surface area contributed by atoms with Crippen LogP contribution in [-0.4, -0.2) is 47.3 Å². The average molecular weight is 273 g/mol. The second-order valence-electron chi connectivity index (χ2n) is 6.12. The molecule has 2 N–H and O–H groups in total. The number of hydrogen-bond donors (Lipinski definition) is 2. The van der Waals surface area contributed by atoms with Gasteiger partial charge in [0.25, 0.3) is 0 Å². The molecule has 0 spiro atoms. The summed E-state index contributed by atoms with van der Waals surface area (Å²) >= 11 is 0. The molecule has 0 heterocycles. The number of amides is 1. The summed E-state index contributed by atoms with van der Waals surface area (Å²) in [4.78, 5) is 22.8. The van der Waals surface area contributed by atoms with Crippen LogP contribution in [0.2, 0.25) is 0 Å². The Kier molecular flexibility index (Phi) is 6.49. The van der Waals surface area contributed by atoms with Crippen molar-refractivity contribution in [2.75, 3.05) is 14.1 Å². The second-order valence-corrected chi connectivity index (χ2v) is 6.12. The molecule has 5 heteroatoms. The van der Waals surface area contributed by atoms with Gasteiger partial charge in [-0.15, -0.1) is 0 Å². The molecular weight excluding hydrogens is 244 g/mol. The number of carbonyl (C=O) groups excluding carboxylic acids is 1. The fourth-order valence-electron chi connectivity index (χ4n) is 2.01. The Morgan fingerprint density at radius 3 is 2.16 bits per heavy atom. The maximum Gasteiger partial charge on any atom is 0.365 e. The number of unbranched alkanes of at least 4 members (excludes halogenated alkanes) is 2. The summed E-state index contributed by atoms with van der Waals surface area (Å²) in [5.41, 5.74) is -0.959. The van der Waals surface area contributed by atoms with Crippen LogP contribution in [0.25, 0.3) is 0 Å². The van der Waals surface area contributed by atoms with Crippen molar-refractivity contribution in [3.05, 3.63) is 0 Å². The van der Waals surface area contributed by atoms with Gasteiger partial charge >= 0.3 is 5.97 Å². The van der Waals surface area contributed by atoms with Crippen LogP contribution in [0.1, 0.15) is 53.4 Å². The van der Waals surface area contributed by atoms with Crippen molar-refractivity contribution in [1.29, 1.82) is 0 Å². The van der Waals surface area contributed by atoms with Crippen molar-refractivity contribution in [2.24, 2.45) is 0 Å². The molecule has 5 nitrogen and oxygen atoms in total. The third kappa shape index (κ3) is 4.49. The number of carbonyl (C=O) groups is 2. The van der Waals surface area contributed by atoms with Crippen LogP contribution in [-0.2, 0) is 9.59 Å². The first kappa shape index (κ1) is 17.9. The number of quaternary nitrogens is 1. The van der Waals surface area contributed by atoms with Crippen LogP contribution in [0.5, 0.6) is 0 Å². The third-order valence-electron chi connectivity index (χ3n) is 4.19. The summed E-state index contributed by atoms with van der Waals surface area (Å²) in [5, 5.41) is 12.3. The number of carboxylic acids is 1. The summed E-state index contributed by atoms with van der Waals surface area (Å²) in [6, 6.07) is 0. The van der Waals surface area contributed by atoms with Crippen LogP contribution in [0, 0.1) is 0 Å². The Hall–Kier alpha value is -1.10. The van der Waals surface area contributed by atoms with E-state index in [0.29, 0.717) is 0 Å². The SMILES string of the molecule is CCCCCC(NC(C)=O)[N+](C)(C)C(C)(C)C(=O)O. The molecule has 0 aromatic carbocycles. The van der Waals surface area contributed by atoms with Gasteiger partial charge in [-0.05, 0) is 6.42 Å². The van der Waals surface area contributed by atoms with Crippen LogP contribution in [0.15, 0.2) is 0 Å². The van der Waals surface area contributed by atoms with Gasteiger partial charge in [0.05, 0.1) is 14.1 Å². The molecule has 0 rings (SSSR count). The fourth-order valence-corrected chi connectivity index (χ4v) is 2.01. The van der Waals surface area contributed by atoms with E-state index in [1.54, 1.807) is 13.8 Å². The third-order valence-corrected chi connectivity index (χ3v) is 4.19. The van der Waals surface area contributed by atoms with Crippen LogP contribution in [0.4, 0.5) is 0 Å². The van der Waals surface area contributed by atoms with Crippen LogP contribution in [0.3, 0.4) is 0 Å². The zero-order valence-corrected chi connectivity index (χ0v) is 13.1. The maximum absolute atomic E-state index is 11.5. The molecule has 1 amide bonds. The molecule has 1 atom stereocenters. The van der Waals surface area contributed by atoms with Crippen molar-refractivity contribution in [2.45, 2.75) is 65.1 Å². The monoisotopic (exact) mass is 273 g/mol. The number of hydrogen-bond acceptors (Lipinski definition) is 2. The van der Waals surface area contributed by atoms with E-state index < -0.39 is 11.5 Å². The van der Waals surface area contributed by atoms with E-state index in [4.69, 9.17) is 0 Å². The molecule has 1 unspecified atom stereocenters. The van der Waals surface area contributed by atoms with Crippen molar-refractivity contribution >= 4 is 11.9 Å². The summed E-state index contributed by atoms with van der Waals surface area (Å²) < 4.78 is 0.228. The molecule has 0 saturated carbocycles. The highest BCUT2D eigenvalue weighted by Gasteiger charge is 2.48. The van der Waals surface area contributed by atoms with E-state index in [2.05, 4.69) is 12.2 Å². The zero-order chi connectivity index (χ0) is 15.3. The number of nitrogens with zero attached hydrogens (tertiary/aromatic N) is 1. The Morgan fingerprint density at radius 2 is 1.79 bits per heavy atom. The lowest BCUT2D eigenvalue weighted by Gasteiger charge is -2.47. The molecule has 0 aromatic rings. The van der Waals surface area contributed by atoms with Gasteiger partial charge < -0.3 is 10.4 Å². The van der Waals surface area contributed by atoms with Gasteiger partial charge in [-0.3, -0.25) is 9.28 Å². The van der Waals surface area contributed by atoms with E-state index in [0.717, 1.165) is 25.7 Å². The van der Waals surface area contributed by atoms with E-state index in [1.165, 1.54) is 6.92 Å². The van der Waals surface area contributed by atoms with Gasteiger partial charge in [0.15, 0.2) is 11.7 Å². The molecule has 0 aliphatic carbocycles. The highest BCUT2D eigenvalue weighted by Crippen LogP contribution is 2.26. The Morgan fingerprint density at radius 1 is 1.26 bits per heavy atom. The first-order chi connectivity index (χ1) is 8.57. The van der Waals surface area contributed by atoms with Gasteiger partial charge in [0.2, 0.25) is 5.91 Å². The second kappa shape index (κ2) is 6.89. The molecule has 112 valence electrons. The average Bonchev–Trinajstić information content (AvgIpc) is 2.26. The van der Waals surface area contributed by atoms with E-state index >= 15 is 0 Å². The highest BCUT2D eigenvalue weighted by atomic mass is 16.4. The van der Waals surface area contributed by atoms with Gasteiger partial charge in [0, 0.05) is 27.2 Å². The van der Waals surface area contributed by atoms with Gasteiger partial charge in [-0.2, -0.15) is 0 Å². The molecule has 0 bridgehead atoms. The number of aliphatic carboxylic acids is 1. The van der Waals surface area contributed by atoms with Crippen molar-refractivity contribution in [3.63, 3.8) is 0 Å². The highest BCUT2D eigenvalue weighted by molar-refractivity contribution is 5.76. The zero-order valence-electron chi connectivity index (χ0n) is 13.1. The Labute approximate surface area is 116 Å². The molecule has 0 fully saturated rings. The lowest BCUT2D eigenvalue weighted by molar-refractivity contribution is -0.953. The smallest absolute Gasteiger partial charge is 0.365 e. The summed E-state index contributed by atoms with van der Waals surface area (Å²) in [6.07, 6.45) is 3.78. The summed E-state index contributed by atoms with van der Waals surface area (Å²) in [6.45, 7) is 6.99. The molecule has 19 heavy (non-hydrogen) atoms. The Balaban J connectivity index is 5.09. The van der Waals surface area contributed by atoms with Crippen LogP contribution >= 0.6 is 0 Å². The predicted octanol–water partition coefficient (Wildman–Crippen LogP) is 1.97. The van der Waals surface area contributed by atoms with Gasteiger partial charge in [-0.25, -0.2) is 4.79 Å². The normalized spacial score (nSPS) is 14.0. The minimum Gasteiger partial charge on any atom is -0.477 e. The molecular formula is C14H29N2O3+. The standard InChI is InChI=1S/C14H28N2O3/c1-7-8-9-10-12(15-11(2)17)16(5,6)14(3,4)13(18)19/h12H,7-10H2,1-6H3,(H-,15,17,18,19)/p+1. The predicted molar refractivity (Wildman–Crippen MR) is 75.6 cm³/mol. The van der Waals surface area contributed by atoms with E-state index in [-0.39, 0.29) is 16.6 Å². The van der Waals surface area contributed by atoms with Gasteiger partial charge in [0.1, 0.15) is 0 Å². The summed E-state index contributed by atoms with van der Waals surface area (Å²) in [5.74, 6) is -0.975. The first-order valence-corrected chi connectivity index (χ1v) is 6.91. The minimum absolute atomic E-state index is 0.117. The quantitative estimate of drug-likeness (QED) is 0.404. The fraction of sp³-hybridized carbons (Fsp3) is 0.857. The summed E-state index contributed by atoms with van der Waals surface area (Å²) in [7, 11) is 3.72. The lowest BCUT2D eigenvalue weighted by Crippen LogP contribution is -2.69. The van der Waals surface area contributed by atoms with Crippen molar-refractivity contribution in [3.8, 4) is 0 Å². The number of rotatable bonds is 8. The first-order valence-electron chi connectivity index (χ1n) is 6.91. The number of carboxylic acid groups (broad SMARTS) is 1. The lowest BCUT2D eigenvalue weighted by atomic mass is 9.97. The van der Waals surface area contributed by atoms with Crippen LogP contribution < -0.4 is 5.32 Å². The Bertz CT molecular complexity index is 325. The minimum atomic E-state index is -0.959. The molecule has 0 aromatic heterocycles. The van der Waals surface area contributed by atoms with Gasteiger partial charge in [-0.1, -0.05) is 19.8 Å². The van der Waals surface area contributed by atoms with E-state index in [9.17, 15) is 14.7 Å². The molecule has 0 aliphatic rings. The maximum atomic E-state index is 11.5. The number of nitrogens with one attached hydrogen (secondary N) is 1. The largest absolute Gasteiger partial charge is 0.477 e. The van der Waals surface area contributed by atoms with E-state index in [1.807, 2.05) is 14.1 Å². The topological polar surface area (TPSA) is 66.4 Å². The molecule has 0 aliphatic heterocycles.